The Morgan fingerprint density at radius 1 is 1.12 bits per heavy atom. The van der Waals surface area contributed by atoms with Crippen LogP contribution in [-0.4, -0.2) is 11.6 Å². The number of aromatic nitrogens is 1. The van der Waals surface area contributed by atoms with Crippen LogP contribution in [0, 0.1) is 20.8 Å². The monoisotopic (exact) mass is 340 g/mol. The van der Waals surface area contributed by atoms with E-state index in [9.17, 15) is 4.79 Å². The third-order valence-corrected chi connectivity index (χ3v) is 4.25. The molecule has 1 aromatic heterocycles. The minimum Gasteiger partial charge on any atom is -0.359 e. The molecule has 0 N–H and O–H groups in total. The lowest BCUT2D eigenvalue weighted by Gasteiger charge is -2.20. The SMILES string of the molecule is Cc1ccc(N(C=O)c2c(-c3ccccc3Cl)noc2C)c(C)c1. The summed E-state index contributed by atoms with van der Waals surface area (Å²) in [6.45, 7) is 5.77. The molecule has 1 amide bonds. The average Bonchev–Trinajstić information content (AvgIpc) is 2.92. The Morgan fingerprint density at radius 3 is 2.54 bits per heavy atom. The number of benzene rings is 2. The summed E-state index contributed by atoms with van der Waals surface area (Å²) in [4.78, 5) is 13.4. The average molecular weight is 341 g/mol. The van der Waals surface area contributed by atoms with Gasteiger partial charge in [0.1, 0.15) is 11.4 Å². The fourth-order valence-electron chi connectivity index (χ4n) is 2.79. The van der Waals surface area contributed by atoms with Gasteiger partial charge in [0, 0.05) is 5.56 Å². The quantitative estimate of drug-likeness (QED) is 0.612. The van der Waals surface area contributed by atoms with Crippen LogP contribution in [0.4, 0.5) is 11.4 Å². The van der Waals surface area contributed by atoms with Gasteiger partial charge in [0.15, 0.2) is 5.76 Å². The standard InChI is InChI=1S/C19H17ClN2O2/c1-12-8-9-17(13(2)10-12)22(11-23)19-14(3)24-21-18(19)15-6-4-5-7-16(15)20/h4-11H,1-3H3. The number of carbonyl (C=O) groups excluding carboxylic acids is 1. The Morgan fingerprint density at radius 2 is 1.88 bits per heavy atom. The van der Waals surface area contributed by atoms with E-state index in [1.165, 1.54) is 0 Å². The van der Waals surface area contributed by atoms with Crippen molar-refractivity contribution in [2.45, 2.75) is 20.8 Å². The zero-order valence-corrected chi connectivity index (χ0v) is 14.5. The van der Waals surface area contributed by atoms with Crippen LogP contribution in [0.3, 0.4) is 0 Å². The van der Waals surface area contributed by atoms with E-state index in [0.717, 1.165) is 28.8 Å². The molecule has 1 heterocycles. The van der Waals surface area contributed by atoms with E-state index < -0.39 is 0 Å². The van der Waals surface area contributed by atoms with E-state index in [-0.39, 0.29) is 0 Å². The first-order chi connectivity index (χ1) is 11.5. The number of nitrogens with zero attached hydrogens (tertiary/aromatic N) is 2. The molecule has 0 fully saturated rings. The Labute approximate surface area is 145 Å². The molecular weight excluding hydrogens is 324 g/mol. The lowest BCUT2D eigenvalue weighted by molar-refractivity contribution is -0.106. The first kappa shape index (κ1) is 16.3. The van der Waals surface area contributed by atoms with Crippen LogP contribution in [-0.2, 0) is 4.79 Å². The van der Waals surface area contributed by atoms with E-state index in [4.69, 9.17) is 16.1 Å². The molecule has 5 heteroatoms. The number of amides is 1. The van der Waals surface area contributed by atoms with Crippen molar-refractivity contribution in [1.82, 2.24) is 5.16 Å². The first-order valence-electron chi connectivity index (χ1n) is 7.56. The normalized spacial score (nSPS) is 10.7. The van der Waals surface area contributed by atoms with Crippen molar-refractivity contribution in [3.63, 3.8) is 0 Å². The summed E-state index contributed by atoms with van der Waals surface area (Å²) in [5.74, 6) is 0.553. The molecule has 24 heavy (non-hydrogen) atoms. The Balaban J connectivity index is 2.19. The van der Waals surface area contributed by atoms with E-state index >= 15 is 0 Å². The van der Waals surface area contributed by atoms with Gasteiger partial charge in [0.2, 0.25) is 6.41 Å². The molecule has 0 unspecified atom stereocenters. The number of aryl methyl sites for hydroxylation is 3. The first-order valence-corrected chi connectivity index (χ1v) is 7.93. The van der Waals surface area contributed by atoms with Crippen LogP contribution in [0.2, 0.25) is 5.02 Å². The van der Waals surface area contributed by atoms with Crippen molar-refractivity contribution >= 4 is 29.4 Å². The maximum atomic E-state index is 11.9. The van der Waals surface area contributed by atoms with Crippen molar-refractivity contribution < 1.29 is 9.32 Å². The number of carbonyl (C=O) groups is 1. The molecule has 0 atom stereocenters. The summed E-state index contributed by atoms with van der Waals surface area (Å²) in [6, 6.07) is 13.3. The van der Waals surface area contributed by atoms with Gasteiger partial charge >= 0.3 is 0 Å². The lowest BCUT2D eigenvalue weighted by Crippen LogP contribution is -2.16. The van der Waals surface area contributed by atoms with Gasteiger partial charge in [0.25, 0.3) is 0 Å². The minimum absolute atomic E-state index is 0.546. The van der Waals surface area contributed by atoms with E-state index in [1.54, 1.807) is 17.9 Å². The third kappa shape index (κ3) is 2.81. The molecule has 0 aliphatic carbocycles. The van der Waals surface area contributed by atoms with E-state index in [0.29, 0.717) is 22.2 Å². The van der Waals surface area contributed by atoms with Crippen molar-refractivity contribution in [1.29, 1.82) is 0 Å². The molecule has 0 saturated heterocycles. The van der Waals surface area contributed by atoms with Crippen LogP contribution in [0.1, 0.15) is 16.9 Å². The highest BCUT2D eigenvalue weighted by Gasteiger charge is 2.24. The zero-order valence-electron chi connectivity index (χ0n) is 13.7. The maximum absolute atomic E-state index is 11.9. The van der Waals surface area contributed by atoms with Gasteiger partial charge in [-0.25, -0.2) is 0 Å². The summed E-state index contributed by atoms with van der Waals surface area (Å²) < 4.78 is 5.36. The molecule has 2 aromatic carbocycles. The van der Waals surface area contributed by atoms with E-state index in [2.05, 4.69) is 5.16 Å². The van der Waals surface area contributed by atoms with Crippen LogP contribution >= 0.6 is 11.6 Å². The van der Waals surface area contributed by atoms with Crippen LogP contribution < -0.4 is 4.90 Å². The molecular formula is C19H17ClN2O2. The molecule has 0 saturated carbocycles. The van der Waals surface area contributed by atoms with Crippen LogP contribution in [0.5, 0.6) is 0 Å². The van der Waals surface area contributed by atoms with Crippen molar-refractivity contribution in [2.24, 2.45) is 0 Å². The van der Waals surface area contributed by atoms with Crippen LogP contribution in [0.15, 0.2) is 47.0 Å². The van der Waals surface area contributed by atoms with Gasteiger partial charge in [-0.2, -0.15) is 0 Å². The smallest absolute Gasteiger partial charge is 0.218 e. The fourth-order valence-corrected chi connectivity index (χ4v) is 3.01. The van der Waals surface area contributed by atoms with Crippen molar-refractivity contribution in [3.05, 3.63) is 64.4 Å². The van der Waals surface area contributed by atoms with Gasteiger partial charge in [-0.05, 0) is 38.5 Å². The van der Waals surface area contributed by atoms with Crippen molar-refractivity contribution in [2.75, 3.05) is 4.90 Å². The maximum Gasteiger partial charge on any atom is 0.218 e. The molecule has 0 radical (unpaired) electrons. The van der Waals surface area contributed by atoms with Gasteiger partial charge in [0.05, 0.1) is 10.7 Å². The molecule has 0 spiro atoms. The summed E-state index contributed by atoms with van der Waals surface area (Å²) in [5.41, 5.74) is 4.79. The Bertz CT molecular complexity index is 902. The number of hydrogen-bond donors (Lipinski definition) is 0. The van der Waals surface area contributed by atoms with Gasteiger partial charge in [-0.1, -0.05) is 52.7 Å². The number of anilines is 2. The summed E-state index contributed by atoms with van der Waals surface area (Å²) in [5, 5.41) is 4.68. The second kappa shape index (κ2) is 6.49. The molecule has 3 aromatic rings. The highest BCUT2D eigenvalue weighted by Crippen LogP contribution is 2.40. The molecule has 3 rings (SSSR count). The van der Waals surface area contributed by atoms with Crippen LogP contribution in [0.25, 0.3) is 11.3 Å². The molecule has 122 valence electrons. The Kier molecular flexibility index (Phi) is 4.40. The lowest BCUT2D eigenvalue weighted by atomic mass is 10.1. The molecule has 4 nitrogen and oxygen atoms in total. The second-order valence-corrected chi connectivity index (χ2v) is 6.09. The van der Waals surface area contributed by atoms with Gasteiger partial charge in [-0.15, -0.1) is 0 Å². The summed E-state index contributed by atoms with van der Waals surface area (Å²) in [6.07, 6.45) is 0.775. The van der Waals surface area contributed by atoms with Gasteiger partial charge in [-0.3, -0.25) is 9.69 Å². The highest BCUT2D eigenvalue weighted by molar-refractivity contribution is 6.33. The second-order valence-electron chi connectivity index (χ2n) is 5.68. The molecule has 0 aliphatic heterocycles. The Hall–Kier alpha value is -2.59. The number of halogens is 1. The third-order valence-electron chi connectivity index (χ3n) is 3.92. The highest BCUT2D eigenvalue weighted by atomic mass is 35.5. The van der Waals surface area contributed by atoms with Crippen molar-refractivity contribution in [3.8, 4) is 11.3 Å². The van der Waals surface area contributed by atoms with E-state index in [1.807, 2.05) is 50.2 Å². The molecule has 0 bridgehead atoms. The predicted molar refractivity (Wildman–Crippen MR) is 95.8 cm³/mol. The summed E-state index contributed by atoms with van der Waals surface area (Å²) >= 11 is 6.30. The zero-order chi connectivity index (χ0) is 17.3. The molecule has 0 aliphatic rings. The number of hydrogen-bond acceptors (Lipinski definition) is 3. The fraction of sp³-hybridized carbons (Fsp3) is 0.158. The predicted octanol–water partition coefficient (Wildman–Crippen LogP) is 5.21. The minimum atomic E-state index is 0.546. The van der Waals surface area contributed by atoms with Gasteiger partial charge < -0.3 is 4.52 Å². The topological polar surface area (TPSA) is 46.3 Å². The summed E-state index contributed by atoms with van der Waals surface area (Å²) in [7, 11) is 0. The number of rotatable bonds is 4. The largest absolute Gasteiger partial charge is 0.359 e.